The Hall–Kier alpha value is -4.77. The van der Waals surface area contributed by atoms with Gasteiger partial charge in [-0.25, -0.2) is 14.8 Å². The number of carbonyl (C=O) groups excluding carboxylic acids is 1. The fourth-order valence-electron chi connectivity index (χ4n) is 5.57. The molecule has 50 heavy (non-hydrogen) atoms. The lowest BCUT2D eigenvalue weighted by atomic mass is 9.87. The van der Waals surface area contributed by atoms with E-state index in [1.54, 1.807) is 25.9 Å². The van der Waals surface area contributed by atoms with Crippen molar-refractivity contribution in [3.05, 3.63) is 76.6 Å². The monoisotopic (exact) mass is 721 g/mol. The summed E-state index contributed by atoms with van der Waals surface area (Å²) >= 11 is 0. The molecule has 1 aromatic heterocycles. The lowest BCUT2D eigenvalue weighted by molar-refractivity contribution is -0.143. The van der Waals surface area contributed by atoms with Crippen molar-refractivity contribution in [3.8, 4) is 0 Å². The van der Waals surface area contributed by atoms with Gasteiger partial charge < -0.3 is 19.6 Å². The fourth-order valence-corrected chi connectivity index (χ4v) is 5.57. The van der Waals surface area contributed by atoms with Crippen LogP contribution in [0.1, 0.15) is 66.5 Å². The molecule has 272 valence electrons. The van der Waals surface area contributed by atoms with Crippen molar-refractivity contribution in [1.82, 2.24) is 9.97 Å². The number of carboxylic acids is 1. The molecular weight excluding hydrogens is 689 g/mol. The smallest absolute Gasteiger partial charge is 0.416 e. The first-order chi connectivity index (χ1) is 23.2. The number of hydrogen-bond donors (Lipinski definition) is 1. The number of halogens is 9. The lowest BCUT2D eigenvalue weighted by Gasteiger charge is -2.44. The standard InChI is InChI=1S/C32H32F9N5O4/c1-4-22-14-26(24-13-19(30(33,34)35)7-8-25(24)46(22)29(49)50-9-5-6-27(47)48)45(28-42-15-23(16-43-28)44(2)3)17-18-10-20(31(36,37)38)12-21(11-18)32(39,40)41/h7-8,10-13,15-16,22,26H,4-6,9,14,17H2,1-3H3,(H,47,48)/t22-,26+/m1/s1. The molecular formula is C32H32F9N5O4. The van der Waals surface area contributed by atoms with E-state index in [1.807, 2.05) is 0 Å². The van der Waals surface area contributed by atoms with Crippen LogP contribution in [0.2, 0.25) is 0 Å². The first kappa shape index (κ1) is 38.0. The normalized spacial score (nSPS) is 16.5. The number of anilines is 3. The van der Waals surface area contributed by atoms with E-state index in [0.717, 1.165) is 23.1 Å². The maximum Gasteiger partial charge on any atom is 0.416 e. The van der Waals surface area contributed by atoms with Gasteiger partial charge in [-0.2, -0.15) is 39.5 Å². The molecule has 0 bridgehead atoms. The Bertz CT molecular complexity index is 1650. The zero-order valence-electron chi connectivity index (χ0n) is 26.8. The zero-order valence-corrected chi connectivity index (χ0v) is 26.8. The van der Waals surface area contributed by atoms with Gasteiger partial charge in [0.2, 0.25) is 5.95 Å². The number of hydrogen-bond acceptors (Lipinski definition) is 7. The Labute approximate surface area is 280 Å². The molecule has 2 aromatic carbocycles. The molecule has 0 aliphatic carbocycles. The minimum absolute atomic E-state index is 0.0329. The molecule has 9 nitrogen and oxygen atoms in total. The van der Waals surface area contributed by atoms with Gasteiger partial charge in [-0.15, -0.1) is 0 Å². The van der Waals surface area contributed by atoms with Crippen molar-refractivity contribution in [3.63, 3.8) is 0 Å². The van der Waals surface area contributed by atoms with Gasteiger partial charge in [0.05, 0.1) is 53.1 Å². The Balaban J connectivity index is 1.91. The molecule has 0 fully saturated rings. The maximum absolute atomic E-state index is 14.0. The van der Waals surface area contributed by atoms with Crippen LogP contribution in [0.5, 0.6) is 0 Å². The average Bonchev–Trinajstić information content (AvgIpc) is 3.03. The summed E-state index contributed by atoms with van der Waals surface area (Å²) in [6.45, 7) is 0.647. The van der Waals surface area contributed by atoms with Crippen molar-refractivity contribution in [2.75, 3.05) is 35.4 Å². The molecule has 4 rings (SSSR count). The number of fused-ring (bicyclic) bond motifs is 1. The highest BCUT2D eigenvalue weighted by atomic mass is 19.4. The highest BCUT2D eigenvalue weighted by Crippen LogP contribution is 2.46. The van der Waals surface area contributed by atoms with E-state index in [-0.39, 0.29) is 55.6 Å². The van der Waals surface area contributed by atoms with Gasteiger partial charge >= 0.3 is 30.6 Å². The molecule has 18 heteroatoms. The second-order valence-electron chi connectivity index (χ2n) is 11.7. The summed E-state index contributed by atoms with van der Waals surface area (Å²) in [5, 5.41) is 8.89. The molecule has 1 aliphatic heterocycles. The van der Waals surface area contributed by atoms with Gasteiger partial charge in [0, 0.05) is 33.1 Å². The van der Waals surface area contributed by atoms with Crippen LogP contribution in [0, 0.1) is 0 Å². The molecule has 0 saturated heterocycles. The number of carbonyl (C=O) groups is 2. The Morgan fingerprint density at radius 1 is 0.900 bits per heavy atom. The van der Waals surface area contributed by atoms with E-state index in [1.165, 1.54) is 17.3 Å². The number of nitrogens with zero attached hydrogens (tertiary/aromatic N) is 5. The van der Waals surface area contributed by atoms with E-state index >= 15 is 0 Å². The summed E-state index contributed by atoms with van der Waals surface area (Å²) in [4.78, 5) is 36.7. The third kappa shape index (κ3) is 8.87. The van der Waals surface area contributed by atoms with Crippen molar-refractivity contribution in [1.29, 1.82) is 0 Å². The second-order valence-corrected chi connectivity index (χ2v) is 11.7. The number of amides is 1. The first-order valence-corrected chi connectivity index (χ1v) is 15.1. The molecule has 3 aromatic rings. The van der Waals surface area contributed by atoms with E-state index in [2.05, 4.69) is 9.97 Å². The van der Waals surface area contributed by atoms with Gasteiger partial charge in [0.25, 0.3) is 0 Å². The van der Waals surface area contributed by atoms with Crippen LogP contribution in [-0.4, -0.2) is 53.9 Å². The van der Waals surface area contributed by atoms with Crippen LogP contribution in [0.15, 0.2) is 48.8 Å². The third-order valence-electron chi connectivity index (χ3n) is 8.04. The summed E-state index contributed by atoms with van der Waals surface area (Å²) in [5.74, 6) is -1.35. The lowest BCUT2D eigenvalue weighted by Crippen LogP contribution is -2.48. The van der Waals surface area contributed by atoms with Crippen LogP contribution in [0.3, 0.4) is 0 Å². The minimum Gasteiger partial charge on any atom is -0.481 e. The largest absolute Gasteiger partial charge is 0.481 e. The quantitative estimate of drug-likeness (QED) is 0.165. The van der Waals surface area contributed by atoms with Crippen LogP contribution < -0.4 is 14.7 Å². The van der Waals surface area contributed by atoms with Crippen molar-refractivity contribution < 1.29 is 58.9 Å². The number of rotatable bonds is 10. The van der Waals surface area contributed by atoms with Gasteiger partial charge in [0.15, 0.2) is 0 Å². The minimum atomic E-state index is -5.16. The van der Waals surface area contributed by atoms with E-state index in [4.69, 9.17) is 9.84 Å². The van der Waals surface area contributed by atoms with Crippen LogP contribution >= 0.6 is 0 Å². The molecule has 0 radical (unpaired) electrons. The molecule has 0 spiro atoms. The van der Waals surface area contributed by atoms with Crippen LogP contribution in [0.25, 0.3) is 0 Å². The summed E-state index contributed by atoms with van der Waals surface area (Å²) in [6.07, 6.45) is -13.9. The van der Waals surface area contributed by atoms with Gasteiger partial charge in [0.1, 0.15) is 0 Å². The highest BCUT2D eigenvalue weighted by molar-refractivity contribution is 5.90. The number of aliphatic carboxylic acids is 1. The summed E-state index contributed by atoms with van der Waals surface area (Å²) in [6, 6.07) is 1.52. The molecule has 1 amide bonds. The first-order valence-electron chi connectivity index (χ1n) is 15.1. The summed E-state index contributed by atoms with van der Waals surface area (Å²) in [5.41, 5.74) is -4.51. The van der Waals surface area contributed by atoms with Crippen molar-refractivity contribution >= 4 is 29.4 Å². The number of alkyl halides is 9. The zero-order chi connectivity index (χ0) is 37.2. The van der Waals surface area contributed by atoms with E-state index in [0.29, 0.717) is 17.8 Å². The van der Waals surface area contributed by atoms with Crippen LogP contribution in [-0.2, 0) is 34.6 Å². The Morgan fingerprint density at radius 2 is 1.48 bits per heavy atom. The van der Waals surface area contributed by atoms with Crippen molar-refractivity contribution in [2.45, 2.75) is 69.8 Å². The molecule has 2 heterocycles. The third-order valence-corrected chi connectivity index (χ3v) is 8.04. The van der Waals surface area contributed by atoms with Gasteiger partial charge in [-0.1, -0.05) is 6.92 Å². The van der Waals surface area contributed by atoms with E-state index < -0.39 is 71.5 Å². The predicted octanol–water partition coefficient (Wildman–Crippen LogP) is 8.34. The van der Waals surface area contributed by atoms with Crippen LogP contribution in [0.4, 0.5) is 61.6 Å². The number of carboxylic acid groups (broad SMARTS) is 1. The van der Waals surface area contributed by atoms with E-state index in [9.17, 15) is 49.1 Å². The van der Waals surface area contributed by atoms with Gasteiger partial charge in [-0.3, -0.25) is 9.69 Å². The number of aromatic nitrogens is 2. The summed E-state index contributed by atoms with van der Waals surface area (Å²) < 4.78 is 130. The number of benzene rings is 2. The summed E-state index contributed by atoms with van der Waals surface area (Å²) in [7, 11) is 3.32. The average molecular weight is 722 g/mol. The highest BCUT2D eigenvalue weighted by Gasteiger charge is 2.42. The molecule has 1 N–H and O–H groups in total. The molecule has 2 atom stereocenters. The number of ether oxygens (including phenoxy) is 1. The topological polar surface area (TPSA) is 99.1 Å². The maximum atomic E-state index is 14.0. The molecule has 0 saturated carbocycles. The molecule has 0 unspecified atom stereocenters. The van der Waals surface area contributed by atoms with Crippen molar-refractivity contribution in [2.24, 2.45) is 0 Å². The second kappa shape index (κ2) is 14.6. The predicted molar refractivity (Wildman–Crippen MR) is 163 cm³/mol. The molecule has 1 aliphatic rings. The Morgan fingerprint density at radius 3 is 1.98 bits per heavy atom. The van der Waals surface area contributed by atoms with Gasteiger partial charge in [-0.05, 0) is 66.8 Å². The Kier molecular flexibility index (Phi) is 11.1. The SMILES string of the molecule is CC[C@@H]1C[C@H](N(Cc2cc(C(F)(F)F)cc(C(F)(F)F)c2)c2ncc(N(C)C)cn2)c2cc(C(F)(F)F)ccc2N1C(=O)OCCCC(=O)O. The fraction of sp³-hybridized carbons (Fsp3) is 0.438.